The van der Waals surface area contributed by atoms with E-state index in [2.05, 4.69) is 37.8 Å². The van der Waals surface area contributed by atoms with E-state index >= 15 is 0 Å². The zero-order chi connectivity index (χ0) is 17.1. The van der Waals surface area contributed by atoms with E-state index in [0.29, 0.717) is 11.5 Å². The van der Waals surface area contributed by atoms with Gasteiger partial charge in [0.1, 0.15) is 5.82 Å². The van der Waals surface area contributed by atoms with Crippen LogP contribution in [-0.4, -0.2) is 36.3 Å². The Balaban J connectivity index is 1.51. The van der Waals surface area contributed by atoms with Crippen molar-refractivity contribution in [2.24, 2.45) is 16.9 Å². The summed E-state index contributed by atoms with van der Waals surface area (Å²) < 4.78 is 5.82. The van der Waals surface area contributed by atoms with Gasteiger partial charge >= 0.3 is 0 Å². The predicted molar refractivity (Wildman–Crippen MR) is 95.9 cm³/mol. The van der Waals surface area contributed by atoms with Gasteiger partial charge in [-0.05, 0) is 63.5 Å². The topological polar surface area (TPSA) is 77.4 Å². The van der Waals surface area contributed by atoms with Crippen molar-refractivity contribution in [1.82, 2.24) is 4.98 Å². The molecule has 2 unspecified atom stereocenters. The molecule has 0 aromatic carbocycles. The molecule has 1 saturated heterocycles. The number of pyridine rings is 1. The summed E-state index contributed by atoms with van der Waals surface area (Å²) in [5.74, 6) is 1.04. The van der Waals surface area contributed by atoms with Crippen LogP contribution in [-0.2, 0) is 10.3 Å². The molecule has 2 atom stereocenters. The quantitative estimate of drug-likeness (QED) is 0.868. The number of nitrogens with two attached hydrogens (primary N) is 2. The maximum atomic E-state index is 6.71. The first-order valence-corrected chi connectivity index (χ1v) is 9.22. The summed E-state index contributed by atoms with van der Waals surface area (Å²) >= 11 is 0. The second kappa shape index (κ2) is 5.41. The minimum absolute atomic E-state index is 0.207. The number of hydrogen-bond donors (Lipinski definition) is 2. The van der Waals surface area contributed by atoms with Crippen molar-refractivity contribution in [3.63, 3.8) is 0 Å². The molecular weight excluding hydrogens is 300 g/mol. The first-order valence-electron chi connectivity index (χ1n) is 9.22. The van der Waals surface area contributed by atoms with Gasteiger partial charge in [-0.1, -0.05) is 6.07 Å². The first kappa shape index (κ1) is 16.3. The highest BCUT2D eigenvalue weighted by atomic mass is 16.5. The Morgan fingerprint density at radius 2 is 1.79 bits per heavy atom. The average Bonchev–Trinajstić information content (AvgIpc) is 2.42. The van der Waals surface area contributed by atoms with Crippen LogP contribution in [0.2, 0.25) is 0 Å². The van der Waals surface area contributed by atoms with Crippen LogP contribution in [0.25, 0.3) is 0 Å². The van der Waals surface area contributed by atoms with E-state index < -0.39 is 0 Å². The molecule has 3 aliphatic rings. The Bertz CT molecular complexity index is 622. The summed E-state index contributed by atoms with van der Waals surface area (Å²) in [6.07, 6.45) is 4.87. The second-order valence-electron chi connectivity index (χ2n) is 8.64. The number of anilines is 1. The van der Waals surface area contributed by atoms with E-state index in [1.54, 1.807) is 0 Å². The van der Waals surface area contributed by atoms with Crippen LogP contribution < -0.4 is 16.4 Å². The van der Waals surface area contributed by atoms with E-state index in [4.69, 9.17) is 21.2 Å². The lowest BCUT2D eigenvalue weighted by Gasteiger charge is -2.62. The highest BCUT2D eigenvalue weighted by Gasteiger charge is 2.58. The van der Waals surface area contributed by atoms with Gasteiger partial charge in [0.05, 0.1) is 12.2 Å². The maximum absolute atomic E-state index is 6.71. The molecule has 24 heavy (non-hydrogen) atoms. The fourth-order valence-corrected chi connectivity index (χ4v) is 5.43. The van der Waals surface area contributed by atoms with Crippen LogP contribution in [0.3, 0.4) is 0 Å². The van der Waals surface area contributed by atoms with E-state index in [9.17, 15) is 0 Å². The van der Waals surface area contributed by atoms with Crippen LogP contribution in [0.4, 0.5) is 5.82 Å². The molecule has 5 heteroatoms. The highest BCUT2D eigenvalue weighted by Crippen LogP contribution is 2.62. The summed E-state index contributed by atoms with van der Waals surface area (Å²) in [5, 5.41) is 0. The van der Waals surface area contributed by atoms with E-state index in [-0.39, 0.29) is 17.7 Å². The number of nitrogens with zero attached hydrogens (tertiary/aromatic N) is 2. The minimum Gasteiger partial charge on any atom is -0.372 e. The zero-order valence-corrected chi connectivity index (χ0v) is 15.1. The molecule has 132 valence electrons. The molecular formula is C19H30N4O. The number of hydrogen-bond acceptors (Lipinski definition) is 5. The smallest absolute Gasteiger partial charge is 0.128 e. The van der Waals surface area contributed by atoms with E-state index in [0.717, 1.165) is 50.3 Å². The SMILES string of the molecule is Cc1nc(N2CC(C)OC(C)C2)ccc1C1(N)CC2(CC(N)C2)C1. The molecule has 5 nitrogen and oxygen atoms in total. The summed E-state index contributed by atoms with van der Waals surface area (Å²) in [4.78, 5) is 7.21. The Morgan fingerprint density at radius 1 is 1.17 bits per heavy atom. The maximum Gasteiger partial charge on any atom is 0.128 e. The summed E-state index contributed by atoms with van der Waals surface area (Å²) in [6.45, 7) is 8.12. The van der Waals surface area contributed by atoms with Crippen LogP contribution >= 0.6 is 0 Å². The molecule has 0 radical (unpaired) electrons. The van der Waals surface area contributed by atoms with Crippen LogP contribution in [0.15, 0.2) is 12.1 Å². The van der Waals surface area contributed by atoms with Gasteiger partial charge in [0, 0.05) is 30.4 Å². The van der Waals surface area contributed by atoms with Crippen molar-refractivity contribution in [1.29, 1.82) is 0 Å². The molecule has 4 rings (SSSR count). The summed E-state index contributed by atoms with van der Waals surface area (Å²) in [5.41, 5.74) is 15.2. The molecule has 3 fully saturated rings. The number of morpholine rings is 1. The monoisotopic (exact) mass is 330 g/mol. The summed E-state index contributed by atoms with van der Waals surface area (Å²) in [7, 11) is 0. The predicted octanol–water partition coefficient (Wildman–Crippen LogP) is 2.06. The fourth-order valence-electron chi connectivity index (χ4n) is 5.43. The lowest BCUT2D eigenvalue weighted by Crippen LogP contribution is -2.63. The molecule has 0 bridgehead atoms. The van der Waals surface area contributed by atoms with Crippen LogP contribution in [0.1, 0.15) is 50.8 Å². The van der Waals surface area contributed by atoms with Gasteiger partial charge in [0.25, 0.3) is 0 Å². The van der Waals surface area contributed by atoms with Gasteiger partial charge in [-0.2, -0.15) is 0 Å². The normalized spacial score (nSPS) is 41.9. The van der Waals surface area contributed by atoms with Crippen molar-refractivity contribution in [3.05, 3.63) is 23.4 Å². The van der Waals surface area contributed by atoms with Crippen molar-refractivity contribution < 1.29 is 4.74 Å². The number of ether oxygens (including phenoxy) is 1. The number of aromatic nitrogens is 1. The van der Waals surface area contributed by atoms with Crippen molar-refractivity contribution in [2.75, 3.05) is 18.0 Å². The lowest BCUT2D eigenvalue weighted by molar-refractivity contribution is -0.0594. The average molecular weight is 330 g/mol. The lowest BCUT2D eigenvalue weighted by atomic mass is 9.46. The van der Waals surface area contributed by atoms with Gasteiger partial charge in [0.2, 0.25) is 0 Å². The Morgan fingerprint density at radius 3 is 2.33 bits per heavy atom. The molecule has 0 amide bonds. The Kier molecular flexibility index (Phi) is 3.68. The van der Waals surface area contributed by atoms with E-state index in [1.165, 1.54) is 5.56 Å². The zero-order valence-electron chi connectivity index (χ0n) is 15.1. The minimum atomic E-state index is -0.207. The van der Waals surface area contributed by atoms with Crippen molar-refractivity contribution in [2.45, 2.75) is 70.2 Å². The highest BCUT2D eigenvalue weighted by molar-refractivity contribution is 5.45. The van der Waals surface area contributed by atoms with Gasteiger partial charge < -0.3 is 21.1 Å². The third kappa shape index (κ3) is 2.63. The van der Waals surface area contributed by atoms with E-state index in [1.807, 2.05) is 0 Å². The molecule has 2 aliphatic carbocycles. The molecule has 2 heterocycles. The molecule has 4 N–H and O–H groups in total. The third-order valence-electron chi connectivity index (χ3n) is 6.12. The van der Waals surface area contributed by atoms with Gasteiger partial charge in [-0.15, -0.1) is 0 Å². The van der Waals surface area contributed by atoms with Gasteiger partial charge in [-0.25, -0.2) is 4.98 Å². The van der Waals surface area contributed by atoms with Crippen molar-refractivity contribution in [3.8, 4) is 0 Å². The number of aryl methyl sites for hydroxylation is 1. The molecule has 1 spiro atoms. The second-order valence-corrected chi connectivity index (χ2v) is 8.64. The number of rotatable bonds is 2. The third-order valence-corrected chi connectivity index (χ3v) is 6.12. The standard InChI is InChI=1S/C19H30N4O/c1-12-8-23(9-13(2)24-12)17-5-4-16(14(3)22-17)19(21)10-18(11-19)6-15(20)7-18/h4-5,12-13,15H,6-11,20-21H2,1-3H3. The van der Waals surface area contributed by atoms with Crippen molar-refractivity contribution >= 4 is 5.82 Å². The first-order chi connectivity index (χ1) is 11.3. The molecule has 1 aliphatic heterocycles. The summed E-state index contributed by atoms with van der Waals surface area (Å²) in [6, 6.07) is 4.73. The van der Waals surface area contributed by atoms with Gasteiger partial charge in [-0.3, -0.25) is 0 Å². The Hall–Kier alpha value is -1.17. The molecule has 2 saturated carbocycles. The van der Waals surface area contributed by atoms with Gasteiger partial charge in [0.15, 0.2) is 0 Å². The molecule has 1 aromatic rings. The van der Waals surface area contributed by atoms with Crippen LogP contribution in [0.5, 0.6) is 0 Å². The van der Waals surface area contributed by atoms with Crippen LogP contribution in [0, 0.1) is 12.3 Å². The largest absolute Gasteiger partial charge is 0.372 e. The Labute approximate surface area is 144 Å². The molecule has 1 aromatic heterocycles. The fraction of sp³-hybridized carbons (Fsp3) is 0.737.